The topological polar surface area (TPSA) is 135 Å². The Morgan fingerprint density at radius 1 is 0.875 bits per heavy atom. The summed E-state index contributed by atoms with van der Waals surface area (Å²) in [5.74, 6) is -1.53. The van der Waals surface area contributed by atoms with E-state index >= 15 is 0 Å². The molecule has 40 heavy (non-hydrogen) atoms. The summed E-state index contributed by atoms with van der Waals surface area (Å²) in [6.45, 7) is 0. The zero-order valence-electron chi connectivity index (χ0n) is 21.1. The van der Waals surface area contributed by atoms with Gasteiger partial charge in [0.1, 0.15) is 45.2 Å². The number of thiazole rings is 1. The molecule has 0 radical (unpaired) electrons. The Hall–Kier alpha value is -4.55. The van der Waals surface area contributed by atoms with Crippen molar-refractivity contribution in [2.45, 2.75) is 4.90 Å². The van der Waals surface area contributed by atoms with Crippen LogP contribution in [0.3, 0.4) is 0 Å². The Bertz CT molecular complexity index is 1650. The van der Waals surface area contributed by atoms with Gasteiger partial charge in [0.25, 0.3) is 0 Å². The van der Waals surface area contributed by atoms with Gasteiger partial charge in [0.05, 0.1) is 30.0 Å². The third-order valence-electron chi connectivity index (χ3n) is 5.21. The third kappa shape index (κ3) is 7.74. The molecule has 0 fully saturated rings. The Labute approximate surface area is 237 Å². The van der Waals surface area contributed by atoms with E-state index in [0.717, 1.165) is 50.9 Å². The van der Waals surface area contributed by atoms with Gasteiger partial charge in [-0.3, -0.25) is 0 Å². The first kappa shape index (κ1) is 30.0. The van der Waals surface area contributed by atoms with E-state index in [-0.39, 0.29) is 11.3 Å². The number of aromatic carboxylic acids is 1. The number of benzene rings is 4. The zero-order valence-corrected chi connectivity index (χ0v) is 22.8. The second kappa shape index (κ2) is 13.5. The number of ether oxygens (including phenoxy) is 2. The first-order valence-corrected chi connectivity index (χ1v) is 12.6. The minimum atomic E-state index is -1.28. The van der Waals surface area contributed by atoms with Crippen LogP contribution in [0.1, 0.15) is 10.4 Å². The predicted molar refractivity (Wildman–Crippen MR) is 153 cm³/mol. The molecule has 5 rings (SSSR count). The predicted octanol–water partition coefficient (Wildman–Crippen LogP) is 6.61. The molecule has 1 heterocycles. The molecule has 0 atom stereocenters. The van der Waals surface area contributed by atoms with Gasteiger partial charge in [-0.25, -0.2) is 18.6 Å². The average molecular weight is 587 g/mol. The fourth-order valence-electron chi connectivity index (χ4n) is 3.17. The lowest BCUT2D eigenvalue weighted by molar-refractivity contribution is 0.0693. The summed E-state index contributed by atoms with van der Waals surface area (Å²) in [6, 6.07) is 17.6. The fourth-order valence-corrected chi connectivity index (χ4v) is 4.40. The number of rotatable bonds is 4. The van der Waals surface area contributed by atoms with Crippen molar-refractivity contribution in [3.63, 3.8) is 0 Å². The van der Waals surface area contributed by atoms with Gasteiger partial charge in [-0.05, 0) is 60.7 Å². The number of carbonyl (C=O) groups is 1. The monoisotopic (exact) mass is 586 g/mol. The zero-order chi connectivity index (χ0) is 29.4. The number of fused-ring (bicyclic) bond motifs is 1. The van der Waals surface area contributed by atoms with Crippen molar-refractivity contribution in [1.82, 2.24) is 4.98 Å². The number of thiol groups is 1. The number of nitrogens with two attached hydrogens (primary N) is 1. The van der Waals surface area contributed by atoms with Gasteiger partial charge in [-0.15, -0.1) is 24.0 Å². The molecule has 5 aromatic rings. The van der Waals surface area contributed by atoms with Crippen molar-refractivity contribution in [3.05, 3.63) is 90.0 Å². The summed E-state index contributed by atoms with van der Waals surface area (Å²) in [6.07, 6.45) is 0. The number of nitrogens with zero attached hydrogens (tertiary/aromatic N) is 1. The number of carboxylic acids is 1. The van der Waals surface area contributed by atoms with Crippen LogP contribution in [0.4, 0.5) is 14.5 Å². The van der Waals surface area contributed by atoms with Gasteiger partial charge in [-0.2, -0.15) is 0 Å². The molecule has 0 unspecified atom stereocenters. The van der Waals surface area contributed by atoms with Crippen molar-refractivity contribution in [1.29, 1.82) is 0 Å². The van der Waals surface area contributed by atoms with Crippen LogP contribution in [0.5, 0.6) is 23.0 Å². The van der Waals surface area contributed by atoms with E-state index in [4.69, 9.17) is 25.4 Å². The molecule has 4 aromatic carbocycles. The van der Waals surface area contributed by atoms with Crippen LogP contribution < -0.4 is 15.2 Å². The largest absolute Gasteiger partial charge is 0.507 e. The molecule has 5 N–H and O–H groups in total. The summed E-state index contributed by atoms with van der Waals surface area (Å²) in [5.41, 5.74) is 7.24. The second-order valence-electron chi connectivity index (χ2n) is 7.91. The molecule has 0 saturated heterocycles. The lowest BCUT2D eigenvalue weighted by Crippen LogP contribution is -1.96. The highest BCUT2D eigenvalue weighted by molar-refractivity contribution is 7.80. The van der Waals surface area contributed by atoms with Gasteiger partial charge in [0, 0.05) is 22.7 Å². The number of hydrogen-bond donors (Lipinski definition) is 5. The average Bonchev–Trinajstić information content (AvgIpc) is 3.33. The molecule has 0 saturated carbocycles. The highest BCUT2D eigenvalue weighted by atomic mass is 32.1. The number of aromatic nitrogens is 1. The number of methoxy groups -OCH3 is 2. The van der Waals surface area contributed by atoms with E-state index in [1.807, 2.05) is 18.2 Å². The van der Waals surface area contributed by atoms with E-state index in [1.54, 1.807) is 32.4 Å². The Balaban J connectivity index is 0.000000180. The van der Waals surface area contributed by atoms with Crippen LogP contribution in [-0.4, -0.2) is 40.5 Å². The molecule has 0 aliphatic heterocycles. The van der Waals surface area contributed by atoms with Crippen molar-refractivity contribution < 1.29 is 38.4 Å². The van der Waals surface area contributed by atoms with Gasteiger partial charge in [0.2, 0.25) is 0 Å². The first-order valence-electron chi connectivity index (χ1n) is 11.3. The van der Waals surface area contributed by atoms with Gasteiger partial charge in [0.15, 0.2) is 0 Å². The summed E-state index contributed by atoms with van der Waals surface area (Å²) >= 11 is 5.54. The summed E-state index contributed by atoms with van der Waals surface area (Å²) < 4.78 is 36.3. The maximum atomic E-state index is 13.0. The SMILES string of the molecule is COc1ccc(N)c(S)c1.COc1ccc2nc(-c3ccc(F)cc3O)sc2c1.O=C(O)c1ccc(F)cc1O. The van der Waals surface area contributed by atoms with Crippen molar-refractivity contribution >= 4 is 45.8 Å². The number of hydrogen-bond acceptors (Lipinski definition) is 9. The smallest absolute Gasteiger partial charge is 0.339 e. The molecule has 0 bridgehead atoms. The molecule has 12 heteroatoms. The molecule has 8 nitrogen and oxygen atoms in total. The van der Waals surface area contributed by atoms with E-state index in [0.29, 0.717) is 16.3 Å². The van der Waals surface area contributed by atoms with Gasteiger partial charge < -0.3 is 30.5 Å². The minimum absolute atomic E-state index is 0.106. The third-order valence-corrected chi connectivity index (χ3v) is 6.65. The van der Waals surface area contributed by atoms with Crippen LogP contribution in [0.15, 0.2) is 77.7 Å². The molecule has 0 aliphatic carbocycles. The Kier molecular flexibility index (Phi) is 10.1. The molecule has 0 amide bonds. The highest BCUT2D eigenvalue weighted by Crippen LogP contribution is 2.36. The van der Waals surface area contributed by atoms with Gasteiger partial charge in [-0.1, -0.05) is 0 Å². The Morgan fingerprint density at radius 3 is 2.05 bits per heavy atom. The van der Waals surface area contributed by atoms with Gasteiger partial charge >= 0.3 is 5.97 Å². The van der Waals surface area contributed by atoms with Crippen molar-refractivity contribution in [2.75, 3.05) is 20.0 Å². The fraction of sp³-hybridized carbons (Fsp3) is 0.0714. The van der Waals surface area contributed by atoms with E-state index in [9.17, 15) is 18.7 Å². The van der Waals surface area contributed by atoms with Crippen molar-refractivity contribution in [3.8, 4) is 33.6 Å². The van der Waals surface area contributed by atoms with Crippen LogP contribution >= 0.6 is 24.0 Å². The molecule has 0 aliphatic rings. The lowest BCUT2D eigenvalue weighted by atomic mass is 10.2. The van der Waals surface area contributed by atoms with Crippen LogP contribution in [0, 0.1) is 11.6 Å². The van der Waals surface area contributed by atoms with E-state index in [2.05, 4.69) is 17.6 Å². The van der Waals surface area contributed by atoms with E-state index < -0.39 is 23.4 Å². The van der Waals surface area contributed by atoms with Crippen molar-refractivity contribution in [2.24, 2.45) is 0 Å². The molecule has 0 spiro atoms. The molecular weight excluding hydrogens is 562 g/mol. The highest BCUT2D eigenvalue weighted by Gasteiger charge is 2.12. The maximum Gasteiger partial charge on any atom is 0.339 e. The standard InChI is InChI=1S/C14H10FNO2S.C7H5FO3.C7H9NOS/c1-18-9-3-5-11-13(7-9)19-14(16-11)10-4-2-8(15)6-12(10)17;8-4-1-2-5(7(10)11)6(9)3-4;1-9-5-2-3-6(8)7(10)4-5/h2-7,17H,1H3;1-3,9H,(H,10,11);2-4,10H,8H2,1H3. The Morgan fingerprint density at radius 2 is 1.48 bits per heavy atom. The number of aromatic hydroxyl groups is 2. The van der Waals surface area contributed by atoms with Crippen LogP contribution in [0.2, 0.25) is 0 Å². The second-order valence-corrected chi connectivity index (χ2v) is 9.42. The van der Waals surface area contributed by atoms with Crippen LogP contribution in [-0.2, 0) is 0 Å². The summed E-state index contributed by atoms with van der Waals surface area (Å²) in [4.78, 5) is 15.4. The lowest BCUT2D eigenvalue weighted by Gasteiger charge is -2.01. The first-order chi connectivity index (χ1) is 19.0. The summed E-state index contributed by atoms with van der Waals surface area (Å²) in [5, 5.41) is 27.6. The number of nitrogen functional groups attached to an aromatic ring is 1. The number of anilines is 1. The molecular formula is C28H24F2N2O6S2. The molecule has 208 valence electrons. The summed E-state index contributed by atoms with van der Waals surface area (Å²) in [7, 11) is 3.22. The normalized spacial score (nSPS) is 10.1. The van der Waals surface area contributed by atoms with Crippen LogP contribution in [0.25, 0.3) is 20.8 Å². The number of carboxylic acid groups (broad SMARTS) is 1. The molecule has 1 aromatic heterocycles. The number of halogens is 2. The quantitative estimate of drug-likeness (QED) is 0.117. The number of phenols is 2. The van der Waals surface area contributed by atoms with E-state index in [1.165, 1.54) is 23.5 Å². The minimum Gasteiger partial charge on any atom is -0.507 e. The number of phenolic OH excluding ortho intramolecular Hbond substituents is 1. The maximum absolute atomic E-state index is 13.0.